The van der Waals surface area contributed by atoms with E-state index in [-0.39, 0.29) is 23.5 Å². The van der Waals surface area contributed by atoms with E-state index in [2.05, 4.69) is 10.6 Å². The van der Waals surface area contributed by atoms with Crippen molar-refractivity contribution in [3.05, 3.63) is 0 Å². The Bertz CT molecular complexity index is 348. The van der Waals surface area contributed by atoms with Crippen molar-refractivity contribution in [2.24, 2.45) is 11.8 Å². The molecule has 1 amide bonds. The molecule has 0 radical (unpaired) electrons. The van der Waals surface area contributed by atoms with Gasteiger partial charge in [-0.2, -0.15) is 0 Å². The maximum absolute atomic E-state index is 12.3. The minimum absolute atomic E-state index is 0.126. The maximum Gasteiger partial charge on any atom is 0.223 e. The number of ketones is 1. The van der Waals surface area contributed by atoms with E-state index in [1.165, 1.54) is 12.8 Å². The average molecular weight is 280 g/mol. The van der Waals surface area contributed by atoms with Crippen molar-refractivity contribution < 1.29 is 9.59 Å². The Morgan fingerprint density at radius 3 is 2.10 bits per heavy atom. The third-order valence-electron chi connectivity index (χ3n) is 5.10. The van der Waals surface area contributed by atoms with Crippen LogP contribution in [0.25, 0.3) is 0 Å². The summed E-state index contributed by atoms with van der Waals surface area (Å²) < 4.78 is 0. The Kier molecular flexibility index (Phi) is 5.58. The van der Waals surface area contributed by atoms with Gasteiger partial charge in [-0.1, -0.05) is 0 Å². The minimum atomic E-state index is 0.126. The number of nitrogens with one attached hydrogen (secondary N) is 2. The van der Waals surface area contributed by atoms with Crippen LogP contribution in [0.2, 0.25) is 0 Å². The van der Waals surface area contributed by atoms with E-state index < -0.39 is 0 Å². The first-order valence-electron chi connectivity index (χ1n) is 8.08. The number of carbonyl (C=O) groups excluding carboxylic acids is 2. The van der Waals surface area contributed by atoms with Crippen LogP contribution < -0.4 is 10.6 Å². The molecule has 114 valence electrons. The fourth-order valence-corrected chi connectivity index (χ4v) is 3.66. The van der Waals surface area contributed by atoms with Gasteiger partial charge >= 0.3 is 0 Å². The molecule has 0 heterocycles. The van der Waals surface area contributed by atoms with Crippen LogP contribution in [-0.2, 0) is 9.59 Å². The topological polar surface area (TPSA) is 58.2 Å². The summed E-state index contributed by atoms with van der Waals surface area (Å²) in [4.78, 5) is 23.7. The predicted octanol–water partition coefficient (Wildman–Crippen LogP) is 2.03. The lowest BCUT2D eigenvalue weighted by atomic mass is 9.79. The van der Waals surface area contributed by atoms with Gasteiger partial charge in [0.1, 0.15) is 5.78 Å². The van der Waals surface area contributed by atoms with E-state index in [1.54, 1.807) is 6.92 Å². The van der Waals surface area contributed by atoms with Crippen molar-refractivity contribution in [2.75, 3.05) is 7.05 Å². The monoisotopic (exact) mass is 280 g/mol. The van der Waals surface area contributed by atoms with Gasteiger partial charge in [0.05, 0.1) is 0 Å². The van der Waals surface area contributed by atoms with E-state index in [9.17, 15) is 9.59 Å². The molecule has 2 atom stereocenters. The molecule has 2 fully saturated rings. The van der Waals surface area contributed by atoms with Gasteiger partial charge in [0.25, 0.3) is 0 Å². The molecule has 2 rings (SSSR count). The zero-order chi connectivity index (χ0) is 14.5. The van der Waals surface area contributed by atoms with Crippen molar-refractivity contribution in [1.82, 2.24) is 10.6 Å². The summed E-state index contributed by atoms with van der Waals surface area (Å²) in [5, 5.41) is 6.55. The molecular formula is C16H28N2O2. The molecule has 20 heavy (non-hydrogen) atoms. The lowest BCUT2D eigenvalue weighted by Gasteiger charge is -2.32. The number of Topliss-reactive ketones (excluding diaryl/α,β-unsaturated/α-hetero) is 1. The SMILES string of the molecule is CNC1CCCC(NC(=O)C2CCC(C(C)=O)CC2)C1. The second-order valence-corrected chi connectivity index (χ2v) is 6.52. The van der Waals surface area contributed by atoms with Crippen molar-refractivity contribution in [3.8, 4) is 0 Å². The first-order chi connectivity index (χ1) is 9.60. The van der Waals surface area contributed by atoms with Gasteiger partial charge in [0.15, 0.2) is 0 Å². The second-order valence-electron chi connectivity index (χ2n) is 6.52. The van der Waals surface area contributed by atoms with Gasteiger partial charge in [0.2, 0.25) is 5.91 Å². The quantitative estimate of drug-likeness (QED) is 0.828. The third kappa shape index (κ3) is 4.05. The zero-order valence-corrected chi connectivity index (χ0v) is 12.8. The Labute approximate surface area is 122 Å². The second kappa shape index (κ2) is 7.21. The lowest BCUT2D eigenvalue weighted by molar-refractivity contribution is -0.129. The van der Waals surface area contributed by atoms with Gasteiger partial charge in [-0.05, 0) is 65.3 Å². The molecule has 0 spiro atoms. The summed E-state index contributed by atoms with van der Waals surface area (Å²) in [5.74, 6) is 0.824. The highest BCUT2D eigenvalue weighted by Gasteiger charge is 2.30. The van der Waals surface area contributed by atoms with Crippen LogP contribution in [0, 0.1) is 11.8 Å². The van der Waals surface area contributed by atoms with Crippen molar-refractivity contribution in [2.45, 2.75) is 70.4 Å². The van der Waals surface area contributed by atoms with Crippen LogP contribution in [0.1, 0.15) is 58.3 Å². The van der Waals surface area contributed by atoms with Crippen LogP contribution in [0.15, 0.2) is 0 Å². The molecule has 0 saturated heterocycles. The van der Waals surface area contributed by atoms with Crippen LogP contribution in [0.4, 0.5) is 0 Å². The normalized spacial score (nSPS) is 34.5. The van der Waals surface area contributed by atoms with Gasteiger partial charge in [-0.15, -0.1) is 0 Å². The number of hydrogen-bond acceptors (Lipinski definition) is 3. The van der Waals surface area contributed by atoms with Crippen molar-refractivity contribution in [1.29, 1.82) is 0 Å². The molecule has 2 saturated carbocycles. The Morgan fingerprint density at radius 2 is 1.50 bits per heavy atom. The Hall–Kier alpha value is -0.900. The molecule has 0 aromatic carbocycles. The van der Waals surface area contributed by atoms with Gasteiger partial charge in [-0.25, -0.2) is 0 Å². The average Bonchev–Trinajstić information content (AvgIpc) is 2.47. The summed E-state index contributed by atoms with van der Waals surface area (Å²) in [6, 6.07) is 0.877. The third-order valence-corrected chi connectivity index (χ3v) is 5.10. The fourth-order valence-electron chi connectivity index (χ4n) is 3.66. The minimum Gasteiger partial charge on any atom is -0.353 e. The molecule has 2 unspecified atom stereocenters. The summed E-state index contributed by atoms with van der Waals surface area (Å²) in [7, 11) is 2.00. The summed E-state index contributed by atoms with van der Waals surface area (Å²) in [6.45, 7) is 1.67. The summed E-state index contributed by atoms with van der Waals surface area (Å²) in [6.07, 6.45) is 8.07. The molecule has 0 aromatic heterocycles. The first-order valence-corrected chi connectivity index (χ1v) is 8.08. The van der Waals surface area contributed by atoms with Gasteiger partial charge in [0, 0.05) is 23.9 Å². The van der Waals surface area contributed by atoms with E-state index in [0.717, 1.165) is 38.5 Å². The van der Waals surface area contributed by atoms with Crippen molar-refractivity contribution >= 4 is 11.7 Å². The summed E-state index contributed by atoms with van der Waals surface area (Å²) >= 11 is 0. The fraction of sp³-hybridized carbons (Fsp3) is 0.875. The Morgan fingerprint density at radius 1 is 0.900 bits per heavy atom. The zero-order valence-electron chi connectivity index (χ0n) is 12.8. The van der Waals surface area contributed by atoms with Crippen molar-refractivity contribution in [3.63, 3.8) is 0 Å². The molecule has 2 N–H and O–H groups in total. The van der Waals surface area contributed by atoms with E-state index in [4.69, 9.17) is 0 Å². The van der Waals surface area contributed by atoms with Crippen LogP contribution in [0.3, 0.4) is 0 Å². The molecule has 0 aliphatic heterocycles. The van der Waals surface area contributed by atoms with Crippen LogP contribution in [0.5, 0.6) is 0 Å². The largest absolute Gasteiger partial charge is 0.353 e. The molecule has 0 bridgehead atoms. The number of hydrogen-bond donors (Lipinski definition) is 2. The highest BCUT2D eigenvalue weighted by Crippen LogP contribution is 2.30. The molecule has 2 aliphatic carbocycles. The highest BCUT2D eigenvalue weighted by atomic mass is 16.2. The van der Waals surface area contributed by atoms with Crippen LogP contribution in [-0.4, -0.2) is 30.8 Å². The van der Waals surface area contributed by atoms with Crippen LogP contribution >= 0.6 is 0 Å². The standard InChI is InChI=1S/C16H28N2O2/c1-11(19)12-6-8-13(9-7-12)16(20)18-15-5-3-4-14(10-15)17-2/h12-15,17H,3-10H2,1-2H3,(H,18,20). The first kappa shape index (κ1) is 15.5. The number of amides is 1. The van der Waals surface area contributed by atoms with Gasteiger partial charge < -0.3 is 10.6 Å². The Balaban J connectivity index is 1.76. The van der Waals surface area contributed by atoms with E-state index in [0.29, 0.717) is 12.1 Å². The molecular weight excluding hydrogens is 252 g/mol. The highest BCUT2D eigenvalue weighted by molar-refractivity contribution is 5.81. The molecule has 4 nitrogen and oxygen atoms in total. The number of carbonyl (C=O) groups is 2. The maximum atomic E-state index is 12.3. The van der Waals surface area contributed by atoms with E-state index in [1.807, 2.05) is 7.05 Å². The van der Waals surface area contributed by atoms with E-state index >= 15 is 0 Å². The molecule has 4 heteroatoms. The molecule has 2 aliphatic rings. The predicted molar refractivity (Wildman–Crippen MR) is 79.4 cm³/mol. The summed E-state index contributed by atoms with van der Waals surface area (Å²) in [5.41, 5.74) is 0. The van der Waals surface area contributed by atoms with Gasteiger partial charge in [-0.3, -0.25) is 9.59 Å². The smallest absolute Gasteiger partial charge is 0.223 e. The number of rotatable bonds is 4. The molecule has 0 aromatic rings. The lowest BCUT2D eigenvalue weighted by Crippen LogP contribution is -2.45.